The number of nitrogens with zero attached hydrogens (tertiary/aromatic N) is 1. The summed E-state index contributed by atoms with van der Waals surface area (Å²) in [6.45, 7) is 2.00. The molecular weight excluding hydrogens is 349 g/mol. The van der Waals surface area contributed by atoms with E-state index in [0.29, 0.717) is 17.4 Å². The second-order valence-corrected chi connectivity index (χ2v) is 8.57. The smallest absolute Gasteiger partial charge is 0.463 e. The molecule has 0 rings (SSSR count). The van der Waals surface area contributed by atoms with Gasteiger partial charge in [-0.15, -0.1) is 0 Å². The lowest BCUT2D eigenvalue weighted by molar-refractivity contribution is -0.870. The molecule has 150 valence electrons. The van der Waals surface area contributed by atoms with Crippen LogP contribution in [0.15, 0.2) is 0 Å². The zero-order valence-electron chi connectivity index (χ0n) is 16.0. The number of phosphoric acid groups is 1. The maximum atomic E-state index is 11.7. The van der Waals surface area contributed by atoms with E-state index in [1.807, 2.05) is 21.1 Å². The van der Waals surface area contributed by atoms with Gasteiger partial charge in [-0.2, -0.15) is 0 Å². The molecule has 0 aliphatic rings. The average molecular weight is 384 g/mol. The normalized spacial score (nSPS) is 15.6. The number of phosphoric ester groups is 1. The fourth-order valence-corrected chi connectivity index (χ4v) is 2.58. The Bertz CT molecular complexity index is 412. The van der Waals surface area contributed by atoms with Crippen LogP contribution >= 0.6 is 7.82 Å². The third-order valence-corrected chi connectivity index (χ3v) is 4.35. The zero-order chi connectivity index (χ0) is 19.3. The second kappa shape index (κ2) is 12.8. The van der Waals surface area contributed by atoms with E-state index in [0.717, 1.165) is 32.1 Å². The summed E-state index contributed by atoms with van der Waals surface area (Å²) < 4.78 is 26.7. The third-order valence-electron chi connectivity index (χ3n) is 3.37. The van der Waals surface area contributed by atoms with Gasteiger partial charge in [0.2, 0.25) is 0 Å². The van der Waals surface area contributed by atoms with E-state index >= 15 is 0 Å². The van der Waals surface area contributed by atoms with E-state index in [9.17, 15) is 19.4 Å². The van der Waals surface area contributed by atoms with Crippen LogP contribution in [0.5, 0.6) is 0 Å². The first-order chi connectivity index (χ1) is 11.6. The van der Waals surface area contributed by atoms with Crippen LogP contribution in [0.2, 0.25) is 0 Å². The lowest BCUT2D eigenvalue weighted by Gasteiger charge is -2.24. The molecule has 2 unspecified atom stereocenters. The average Bonchev–Trinajstić information content (AvgIpc) is 2.49. The molecule has 0 fully saturated rings. The molecule has 2 atom stereocenters. The lowest BCUT2D eigenvalue weighted by Crippen LogP contribution is -2.37. The Morgan fingerprint density at radius 1 is 1.08 bits per heavy atom. The maximum absolute atomic E-state index is 11.7. The third kappa shape index (κ3) is 16.7. The van der Waals surface area contributed by atoms with Gasteiger partial charge < -0.3 is 19.2 Å². The Kier molecular flexibility index (Phi) is 12.5. The summed E-state index contributed by atoms with van der Waals surface area (Å²) >= 11 is 0. The summed E-state index contributed by atoms with van der Waals surface area (Å²) in [5.74, 6) is -0.387. The molecule has 0 heterocycles. The molecule has 0 aliphatic heterocycles. The lowest BCUT2D eigenvalue weighted by atomic mass is 10.1. The monoisotopic (exact) mass is 384 g/mol. The fraction of sp³-hybridized carbons (Fsp3) is 0.938. The number of esters is 1. The van der Waals surface area contributed by atoms with Crippen molar-refractivity contribution in [3.8, 4) is 0 Å². The summed E-state index contributed by atoms with van der Waals surface area (Å²) in [5, 5.41) is 9.66. The van der Waals surface area contributed by atoms with Crippen molar-refractivity contribution in [2.75, 3.05) is 47.5 Å². The highest BCUT2D eigenvalue weighted by Crippen LogP contribution is 2.43. The van der Waals surface area contributed by atoms with E-state index in [2.05, 4.69) is 6.92 Å². The SMILES string of the molecule is CCCCCCCC(=O)OCC(O)COP(=O)(O)OCC[N+](C)(C)C. The number of rotatable bonds is 15. The molecule has 0 radical (unpaired) electrons. The number of quaternary nitrogens is 1. The molecule has 0 aliphatic carbocycles. The highest BCUT2D eigenvalue weighted by molar-refractivity contribution is 7.47. The molecule has 0 spiro atoms. The Labute approximate surface area is 151 Å². The van der Waals surface area contributed by atoms with Gasteiger partial charge in [0, 0.05) is 6.42 Å². The number of carbonyl (C=O) groups is 1. The van der Waals surface area contributed by atoms with E-state index in [1.54, 1.807) is 0 Å². The maximum Gasteiger partial charge on any atom is 0.472 e. The highest BCUT2D eigenvalue weighted by atomic mass is 31.2. The minimum Gasteiger partial charge on any atom is -0.463 e. The van der Waals surface area contributed by atoms with Crippen LogP contribution in [0.3, 0.4) is 0 Å². The molecule has 9 heteroatoms. The number of aliphatic hydroxyl groups is 1. The molecule has 2 N–H and O–H groups in total. The van der Waals surface area contributed by atoms with Crippen molar-refractivity contribution < 1.29 is 37.6 Å². The summed E-state index contributed by atoms with van der Waals surface area (Å²) in [5.41, 5.74) is 0. The van der Waals surface area contributed by atoms with Crippen molar-refractivity contribution >= 4 is 13.8 Å². The summed E-state index contributed by atoms with van der Waals surface area (Å²) in [6, 6.07) is 0. The van der Waals surface area contributed by atoms with E-state index in [1.165, 1.54) is 0 Å². The second-order valence-electron chi connectivity index (χ2n) is 7.11. The number of hydrogen-bond acceptors (Lipinski definition) is 6. The summed E-state index contributed by atoms with van der Waals surface area (Å²) in [4.78, 5) is 21.0. The predicted octanol–water partition coefficient (Wildman–Crippen LogP) is 2.09. The van der Waals surface area contributed by atoms with Crippen molar-refractivity contribution in [2.45, 2.75) is 51.6 Å². The molecule has 0 saturated heterocycles. The highest BCUT2D eigenvalue weighted by Gasteiger charge is 2.24. The number of aliphatic hydroxyl groups excluding tert-OH is 1. The quantitative estimate of drug-likeness (QED) is 0.193. The van der Waals surface area contributed by atoms with Gasteiger partial charge in [-0.25, -0.2) is 4.57 Å². The number of ether oxygens (including phenoxy) is 1. The van der Waals surface area contributed by atoms with Crippen LogP contribution in [0.4, 0.5) is 0 Å². The van der Waals surface area contributed by atoms with Gasteiger partial charge in [-0.3, -0.25) is 13.8 Å². The molecule has 25 heavy (non-hydrogen) atoms. The Hall–Kier alpha value is -0.500. The molecule has 8 nitrogen and oxygen atoms in total. The van der Waals surface area contributed by atoms with E-state index < -0.39 is 20.5 Å². The number of carbonyl (C=O) groups excluding carboxylic acids is 1. The van der Waals surface area contributed by atoms with Crippen LogP contribution in [0.25, 0.3) is 0 Å². The van der Waals surface area contributed by atoms with Gasteiger partial charge >= 0.3 is 13.8 Å². The van der Waals surface area contributed by atoms with Crippen LogP contribution < -0.4 is 0 Å². The molecule has 0 bridgehead atoms. The number of hydrogen-bond donors (Lipinski definition) is 2. The summed E-state index contributed by atoms with van der Waals surface area (Å²) in [7, 11) is 1.56. The Morgan fingerprint density at radius 2 is 1.72 bits per heavy atom. The topological polar surface area (TPSA) is 102 Å². The zero-order valence-corrected chi connectivity index (χ0v) is 16.9. The molecule has 0 aromatic carbocycles. The number of likely N-dealkylation sites (N-methyl/N-ethyl adjacent to an activating group) is 1. The largest absolute Gasteiger partial charge is 0.472 e. The van der Waals surface area contributed by atoms with Crippen molar-refractivity contribution in [1.29, 1.82) is 0 Å². The van der Waals surface area contributed by atoms with E-state index in [-0.39, 0.29) is 19.2 Å². The Morgan fingerprint density at radius 3 is 2.32 bits per heavy atom. The van der Waals surface area contributed by atoms with Crippen LogP contribution in [0.1, 0.15) is 45.4 Å². The first kappa shape index (κ1) is 24.5. The van der Waals surface area contributed by atoms with Gasteiger partial charge in [0.05, 0.1) is 27.7 Å². The molecule has 0 aromatic heterocycles. The molecular formula is C16H35NO7P+. The first-order valence-corrected chi connectivity index (χ1v) is 10.3. The van der Waals surface area contributed by atoms with Gasteiger partial charge in [0.15, 0.2) is 0 Å². The molecule has 0 aromatic rings. The van der Waals surface area contributed by atoms with Crippen molar-refractivity contribution in [1.82, 2.24) is 0 Å². The molecule has 0 amide bonds. The fourth-order valence-electron chi connectivity index (χ4n) is 1.83. The number of unbranched alkanes of at least 4 members (excludes halogenated alkanes) is 4. The van der Waals surface area contributed by atoms with Crippen LogP contribution in [0, 0.1) is 0 Å². The predicted molar refractivity (Wildman–Crippen MR) is 95.0 cm³/mol. The van der Waals surface area contributed by atoms with Crippen molar-refractivity contribution in [3.63, 3.8) is 0 Å². The minimum atomic E-state index is -4.22. The standard InChI is InChI=1S/C16H34NO7P/c1-5-6-7-8-9-10-16(19)22-13-15(18)14-24-25(20,21)23-12-11-17(2,3)4/h15,18H,5-14H2,1-4H3/p+1. The van der Waals surface area contributed by atoms with Crippen molar-refractivity contribution in [3.05, 3.63) is 0 Å². The Balaban J connectivity index is 3.81. The van der Waals surface area contributed by atoms with Crippen LogP contribution in [-0.4, -0.2) is 74.1 Å². The minimum absolute atomic E-state index is 0.0559. The van der Waals surface area contributed by atoms with Gasteiger partial charge in [0.25, 0.3) is 0 Å². The van der Waals surface area contributed by atoms with Gasteiger partial charge in [-0.05, 0) is 6.42 Å². The van der Waals surface area contributed by atoms with E-state index in [4.69, 9.17) is 13.8 Å². The van der Waals surface area contributed by atoms with Gasteiger partial charge in [0.1, 0.15) is 25.9 Å². The first-order valence-electron chi connectivity index (χ1n) is 8.82. The molecule has 0 saturated carbocycles. The summed E-state index contributed by atoms with van der Waals surface area (Å²) in [6.07, 6.45) is 4.27. The van der Waals surface area contributed by atoms with Crippen molar-refractivity contribution in [2.24, 2.45) is 0 Å². The van der Waals surface area contributed by atoms with Crippen LogP contribution in [-0.2, 0) is 23.1 Å². The van der Waals surface area contributed by atoms with Gasteiger partial charge in [-0.1, -0.05) is 32.6 Å².